The van der Waals surface area contributed by atoms with E-state index in [9.17, 15) is 18.0 Å². The lowest BCUT2D eigenvalue weighted by Crippen LogP contribution is -2.51. The van der Waals surface area contributed by atoms with Crippen LogP contribution in [0.25, 0.3) is 5.69 Å². The molecule has 4 aromatic heterocycles. The van der Waals surface area contributed by atoms with Crippen molar-refractivity contribution in [2.75, 3.05) is 0 Å². The molecule has 0 radical (unpaired) electrons. The van der Waals surface area contributed by atoms with E-state index in [0.29, 0.717) is 24.0 Å². The number of aryl methyl sites for hydroxylation is 1. The molecule has 0 saturated heterocycles. The van der Waals surface area contributed by atoms with Crippen molar-refractivity contribution < 1.29 is 22.7 Å². The molecule has 0 aliphatic rings. The molecule has 0 fully saturated rings. The number of alkyl halides is 3. The highest BCUT2D eigenvalue weighted by Crippen LogP contribution is 2.30. The number of ether oxygens (including phenoxy) is 1. The van der Waals surface area contributed by atoms with E-state index in [1.165, 1.54) is 24.9 Å². The van der Waals surface area contributed by atoms with Crippen molar-refractivity contribution in [1.29, 1.82) is 0 Å². The highest BCUT2D eigenvalue weighted by molar-refractivity contribution is 5.85. The van der Waals surface area contributed by atoms with Gasteiger partial charge in [-0.1, -0.05) is 6.07 Å². The number of rotatable bonds is 9. The smallest absolute Gasteiger partial charge is 0.417 e. The predicted octanol–water partition coefficient (Wildman–Crippen LogP) is 3.86. The molecule has 0 aliphatic heterocycles. The Morgan fingerprint density at radius 1 is 1.08 bits per heavy atom. The van der Waals surface area contributed by atoms with Crippen LogP contribution in [0.15, 0.2) is 61.3 Å². The highest BCUT2D eigenvalue weighted by Gasteiger charge is 2.35. The Kier molecular flexibility index (Phi) is 7.88. The Balaban J connectivity index is 1.55. The second kappa shape index (κ2) is 11.1. The minimum atomic E-state index is -4.52. The summed E-state index contributed by atoms with van der Waals surface area (Å²) in [5, 5.41) is 14.2. The normalized spacial score (nSPS) is 13.5. The maximum Gasteiger partial charge on any atom is 0.417 e. The van der Waals surface area contributed by atoms with Gasteiger partial charge in [0.15, 0.2) is 5.60 Å². The molecule has 2 atom stereocenters. The molecule has 4 heterocycles. The van der Waals surface area contributed by atoms with Gasteiger partial charge in [0.2, 0.25) is 5.88 Å². The van der Waals surface area contributed by atoms with Crippen LogP contribution in [0, 0.1) is 6.92 Å². The Hall–Kier alpha value is -4.42. The monoisotopic (exact) mass is 540 g/mol. The molecule has 1 N–H and O–H groups in total. The lowest BCUT2D eigenvalue weighted by atomic mass is 9.90. The first-order chi connectivity index (χ1) is 18.4. The van der Waals surface area contributed by atoms with Gasteiger partial charge in [-0.15, -0.1) is 5.10 Å². The quantitative estimate of drug-likeness (QED) is 0.340. The summed E-state index contributed by atoms with van der Waals surface area (Å²) in [4.78, 5) is 26.1. The largest absolute Gasteiger partial charge is 0.462 e. The second-order valence-corrected chi connectivity index (χ2v) is 9.59. The molecule has 13 heteroatoms. The fourth-order valence-corrected chi connectivity index (χ4v) is 3.84. The summed E-state index contributed by atoms with van der Waals surface area (Å²) in [6.45, 7) is 6.82. The summed E-state index contributed by atoms with van der Waals surface area (Å²) in [5.41, 5.74) is 0.866. The maximum atomic E-state index is 13.3. The Bertz CT molecular complexity index is 1390. The molecule has 0 spiro atoms. The summed E-state index contributed by atoms with van der Waals surface area (Å²) in [5.74, 6) is -0.886. The number of amides is 1. The minimum absolute atomic E-state index is 0.105. The first kappa shape index (κ1) is 27.6. The summed E-state index contributed by atoms with van der Waals surface area (Å²) in [6.07, 6.45) is 1.49. The van der Waals surface area contributed by atoms with E-state index in [2.05, 4.69) is 35.8 Å². The van der Waals surface area contributed by atoms with Gasteiger partial charge in [0.05, 0.1) is 11.3 Å². The number of aromatic nitrogens is 7. The molecule has 204 valence electrons. The van der Waals surface area contributed by atoms with E-state index in [1.54, 1.807) is 18.5 Å². The third kappa shape index (κ3) is 6.92. The summed E-state index contributed by atoms with van der Waals surface area (Å²) < 4.78 is 45.8. The molecular formula is C26H27F3N8O2. The van der Waals surface area contributed by atoms with Gasteiger partial charge in [-0.25, -0.2) is 9.67 Å². The molecule has 4 aromatic rings. The fourth-order valence-electron chi connectivity index (χ4n) is 3.84. The number of carbonyl (C=O) groups is 1. The summed E-state index contributed by atoms with van der Waals surface area (Å²) in [7, 11) is 0. The third-order valence-corrected chi connectivity index (χ3v) is 6.09. The summed E-state index contributed by atoms with van der Waals surface area (Å²) >= 11 is 0. The molecule has 39 heavy (non-hydrogen) atoms. The van der Waals surface area contributed by atoms with Gasteiger partial charge in [-0.05, 0) is 74.4 Å². The molecule has 0 saturated carbocycles. The summed E-state index contributed by atoms with van der Waals surface area (Å²) in [6, 6.07) is 8.98. The van der Waals surface area contributed by atoms with Gasteiger partial charge in [-0.2, -0.15) is 13.2 Å². The highest BCUT2D eigenvalue weighted by atomic mass is 19.4. The van der Waals surface area contributed by atoms with Gasteiger partial charge in [0.1, 0.15) is 6.33 Å². The SMILES string of the molecule is Cc1ccc(CC(c2cc(-n3cnnn3)ccn2)C(C)NC(=O)C(C)(C)Oc2ccc(C(F)(F)F)cn2)nc1. The molecule has 1 amide bonds. The third-order valence-electron chi connectivity index (χ3n) is 6.09. The lowest BCUT2D eigenvalue weighted by Gasteiger charge is -2.30. The van der Waals surface area contributed by atoms with Crippen molar-refractivity contribution in [2.45, 2.75) is 57.9 Å². The maximum absolute atomic E-state index is 13.3. The average Bonchev–Trinajstić information content (AvgIpc) is 3.43. The van der Waals surface area contributed by atoms with Crippen LogP contribution in [-0.2, 0) is 17.4 Å². The van der Waals surface area contributed by atoms with Crippen LogP contribution in [0.1, 0.15) is 49.2 Å². The first-order valence-electron chi connectivity index (χ1n) is 12.1. The standard InChI is InChI=1S/C26H27F3N8O2/c1-16-5-7-19(31-13-16)11-21(22-12-20(9-10-30-22)37-15-33-35-36-37)17(2)34-24(38)25(3,4)39-23-8-6-18(14-32-23)26(27,28)29/h5-10,12-15,17,21H,11H2,1-4H3,(H,34,38). The van der Waals surface area contributed by atoms with Crippen molar-refractivity contribution in [2.24, 2.45) is 0 Å². The molecule has 0 bridgehead atoms. The van der Waals surface area contributed by atoms with Gasteiger partial charge < -0.3 is 10.1 Å². The topological polar surface area (TPSA) is 121 Å². The van der Waals surface area contributed by atoms with Crippen molar-refractivity contribution in [3.8, 4) is 11.6 Å². The second-order valence-electron chi connectivity index (χ2n) is 9.59. The minimum Gasteiger partial charge on any atom is -0.462 e. The van der Waals surface area contributed by atoms with E-state index in [4.69, 9.17) is 4.74 Å². The van der Waals surface area contributed by atoms with Crippen LogP contribution in [-0.4, -0.2) is 52.7 Å². The number of halogens is 3. The Labute approximate surface area is 222 Å². The number of hydrogen-bond donors (Lipinski definition) is 1. The number of nitrogens with zero attached hydrogens (tertiary/aromatic N) is 7. The van der Waals surface area contributed by atoms with Crippen LogP contribution in [0.3, 0.4) is 0 Å². The van der Waals surface area contributed by atoms with Crippen LogP contribution >= 0.6 is 0 Å². The lowest BCUT2D eigenvalue weighted by molar-refractivity contribution is -0.138. The number of carbonyl (C=O) groups excluding carboxylic acids is 1. The van der Waals surface area contributed by atoms with Crippen LogP contribution in [0.2, 0.25) is 0 Å². The molecular weight excluding hydrogens is 513 g/mol. The number of nitrogens with one attached hydrogen (secondary N) is 1. The fraction of sp³-hybridized carbons (Fsp3) is 0.346. The molecule has 10 nitrogen and oxygen atoms in total. The van der Waals surface area contributed by atoms with Crippen molar-refractivity contribution in [3.05, 3.63) is 83.8 Å². The Morgan fingerprint density at radius 3 is 2.49 bits per heavy atom. The number of hydrogen-bond acceptors (Lipinski definition) is 8. The van der Waals surface area contributed by atoms with Crippen LogP contribution in [0.4, 0.5) is 13.2 Å². The molecule has 0 aliphatic carbocycles. The van der Waals surface area contributed by atoms with E-state index in [1.807, 2.05) is 32.0 Å². The predicted molar refractivity (Wildman–Crippen MR) is 134 cm³/mol. The Morgan fingerprint density at radius 2 is 1.87 bits per heavy atom. The number of pyridine rings is 3. The van der Waals surface area contributed by atoms with Gasteiger partial charge in [0.25, 0.3) is 5.91 Å². The molecule has 0 aromatic carbocycles. The van der Waals surface area contributed by atoms with Crippen molar-refractivity contribution in [1.82, 2.24) is 40.5 Å². The van der Waals surface area contributed by atoms with E-state index in [-0.39, 0.29) is 11.8 Å². The van der Waals surface area contributed by atoms with E-state index in [0.717, 1.165) is 23.4 Å². The van der Waals surface area contributed by atoms with Crippen LogP contribution < -0.4 is 10.1 Å². The van der Waals surface area contributed by atoms with Gasteiger partial charge in [-0.3, -0.25) is 14.8 Å². The zero-order valence-electron chi connectivity index (χ0n) is 21.7. The average molecular weight is 541 g/mol. The van der Waals surface area contributed by atoms with Gasteiger partial charge >= 0.3 is 6.18 Å². The van der Waals surface area contributed by atoms with E-state index >= 15 is 0 Å². The van der Waals surface area contributed by atoms with Gasteiger partial charge in [0, 0.05) is 48.0 Å². The molecule has 4 rings (SSSR count). The van der Waals surface area contributed by atoms with Crippen molar-refractivity contribution >= 4 is 5.91 Å². The number of tetrazole rings is 1. The zero-order valence-corrected chi connectivity index (χ0v) is 21.7. The van der Waals surface area contributed by atoms with E-state index < -0.39 is 29.3 Å². The first-order valence-corrected chi connectivity index (χ1v) is 12.1. The zero-order chi connectivity index (χ0) is 28.2. The van der Waals surface area contributed by atoms with Crippen LogP contribution in [0.5, 0.6) is 5.88 Å². The van der Waals surface area contributed by atoms with Crippen molar-refractivity contribution in [3.63, 3.8) is 0 Å². The molecule has 2 unspecified atom stereocenters.